The number of nitrogens with zero attached hydrogens (tertiary/aromatic N) is 2. The second-order valence-electron chi connectivity index (χ2n) is 6.41. The van der Waals surface area contributed by atoms with Gasteiger partial charge in [-0.25, -0.2) is 0 Å². The quantitative estimate of drug-likeness (QED) is 0.803. The normalized spacial score (nSPS) is 25.8. The topological polar surface area (TPSA) is 16.1 Å². The van der Waals surface area contributed by atoms with Crippen molar-refractivity contribution < 1.29 is 0 Å². The highest BCUT2D eigenvalue weighted by Gasteiger charge is 2.28. The first kappa shape index (κ1) is 14.5. The Morgan fingerprint density at radius 1 is 1.11 bits per heavy atom. The van der Waals surface area contributed by atoms with E-state index in [9.17, 15) is 0 Å². The zero-order valence-electron chi connectivity index (χ0n) is 12.8. The van der Waals surface area contributed by atoms with E-state index in [1.54, 1.807) is 0 Å². The second kappa shape index (κ2) is 6.51. The Hall–Kier alpha value is -0.890. The van der Waals surface area contributed by atoms with Gasteiger partial charge < -0.3 is 0 Å². The molecule has 1 aromatic rings. The fourth-order valence-corrected chi connectivity index (χ4v) is 3.32. The highest BCUT2D eigenvalue weighted by molar-refractivity contribution is 5.08. The summed E-state index contributed by atoms with van der Waals surface area (Å²) in [7, 11) is 2.26. The molecule has 0 spiro atoms. The number of hydrogen-bond acceptors (Lipinski definition) is 2. The summed E-state index contributed by atoms with van der Waals surface area (Å²) in [6.45, 7) is 7.01. The van der Waals surface area contributed by atoms with Gasteiger partial charge >= 0.3 is 0 Å². The van der Waals surface area contributed by atoms with Crippen molar-refractivity contribution >= 4 is 0 Å². The van der Waals surface area contributed by atoms with Crippen LogP contribution in [0.25, 0.3) is 0 Å². The molecule has 2 nitrogen and oxygen atoms in total. The lowest BCUT2D eigenvalue weighted by Gasteiger charge is -2.38. The Balaban J connectivity index is 1.92. The summed E-state index contributed by atoms with van der Waals surface area (Å²) in [5.74, 6) is 1.79. The summed E-state index contributed by atoms with van der Waals surface area (Å²) >= 11 is 0. The maximum Gasteiger partial charge on any atom is 0.0572 e. The predicted octanol–water partition coefficient (Wildman–Crippen LogP) is 4.29. The van der Waals surface area contributed by atoms with E-state index in [0.29, 0.717) is 6.04 Å². The monoisotopic (exact) mass is 260 g/mol. The van der Waals surface area contributed by atoms with Crippen molar-refractivity contribution in [2.45, 2.75) is 58.5 Å². The van der Waals surface area contributed by atoms with E-state index in [1.807, 2.05) is 12.3 Å². The minimum absolute atomic E-state index is 0.418. The van der Waals surface area contributed by atoms with E-state index in [4.69, 9.17) is 0 Å². The zero-order chi connectivity index (χ0) is 13.8. The number of pyridine rings is 1. The first-order valence-electron chi connectivity index (χ1n) is 7.72. The summed E-state index contributed by atoms with van der Waals surface area (Å²) in [6.07, 6.45) is 7.37. The van der Waals surface area contributed by atoms with E-state index in [2.05, 4.69) is 49.8 Å². The van der Waals surface area contributed by atoms with Gasteiger partial charge in [-0.05, 0) is 63.6 Å². The van der Waals surface area contributed by atoms with Crippen LogP contribution in [0.2, 0.25) is 0 Å². The van der Waals surface area contributed by atoms with Crippen LogP contribution in [0, 0.1) is 11.8 Å². The molecule has 1 fully saturated rings. The van der Waals surface area contributed by atoms with Crippen LogP contribution in [-0.2, 0) is 0 Å². The van der Waals surface area contributed by atoms with Crippen LogP contribution in [-0.4, -0.2) is 23.0 Å². The van der Waals surface area contributed by atoms with Gasteiger partial charge in [-0.1, -0.05) is 19.9 Å². The first-order valence-corrected chi connectivity index (χ1v) is 7.72. The van der Waals surface area contributed by atoms with E-state index in [0.717, 1.165) is 17.9 Å². The lowest BCUT2D eigenvalue weighted by molar-refractivity contribution is 0.114. The van der Waals surface area contributed by atoms with Crippen molar-refractivity contribution in [3.63, 3.8) is 0 Å². The smallest absolute Gasteiger partial charge is 0.0572 e. The van der Waals surface area contributed by atoms with Gasteiger partial charge in [-0.2, -0.15) is 0 Å². The molecule has 106 valence electrons. The highest BCUT2D eigenvalue weighted by Crippen LogP contribution is 2.34. The van der Waals surface area contributed by atoms with Gasteiger partial charge in [-0.3, -0.25) is 9.88 Å². The summed E-state index contributed by atoms with van der Waals surface area (Å²) in [5.41, 5.74) is 1.19. The third-order valence-electron chi connectivity index (χ3n) is 4.99. The molecule has 0 aromatic carbocycles. The van der Waals surface area contributed by atoms with Gasteiger partial charge in [-0.15, -0.1) is 0 Å². The lowest BCUT2D eigenvalue weighted by atomic mass is 9.79. The van der Waals surface area contributed by atoms with E-state index in [1.165, 1.54) is 31.4 Å². The second-order valence-corrected chi connectivity index (χ2v) is 6.41. The van der Waals surface area contributed by atoms with E-state index >= 15 is 0 Å². The Morgan fingerprint density at radius 2 is 1.79 bits per heavy atom. The lowest BCUT2D eigenvalue weighted by Crippen LogP contribution is -2.37. The fourth-order valence-electron chi connectivity index (χ4n) is 3.32. The third-order valence-corrected chi connectivity index (χ3v) is 4.99. The van der Waals surface area contributed by atoms with Crippen LogP contribution in [0.1, 0.15) is 58.2 Å². The Kier molecular flexibility index (Phi) is 4.98. The minimum Gasteiger partial charge on any atom is -0.295 e. The maximum atomic E-state index is 4.50. The molecule has 1 aliphatic rings. The molecule has 0 saturated heterocycles. The molecule has 0 aliphatic heterocycles. The molecule has 0 radical (unpaired) electrons. The Morgan fingerprint density at radius 3 is 2.32 bits per heavy atom. The minimum atomic E-state index is 0.418. The Labute approximate surface area is 118 Å². The summed E-state index contributed by atoms with van der Waals surface area (Å²) in [6, 6.07) is 7.36. The molecule has 0 amide bonds. The number of hydrogen-bond donors (Lipinski definition) is 0. The molecule has 1 aromatic heterocycles. The fraction of sp³-hybridized carbons (Fsp3) is 0.706. The van der Waals surface area contributed by atoms with Crippen LogP contribution >= 0.6 is 0 Å². The van der Waals surface area contributed by atoms with E-state index < -0.39 is 0 Å². The van der Waals surface area contributed by atoms with Gasteiger partial charge in [0.2, 0.25) is 0 Å². The third kappa shape index (κ3) is 3.56. The summed E-state index contributed by atoms with van der Waals surface area (Å²) < 4.78 is 0. The molecule has 1 aliphatic carbocycles. The average molecular weight is 260 g/mol. The molecule has 1 heterocycles. The number of rotatable bonds is 4. The van der Waals surface area contributed by atoms with Gasteiger partial charge in [0, 0.05) is 18.3 Å². The van der Waals surface area contributed by atoms with Crippen LogP contribution in [0.5, 0.6) is 0 Å². The standard InChI is InChI=1S/C17H28N2/c1-13(2)15-8-10-16(11-9-15)19(4)14(3)17-7-5-6-12-18-17/h5-7,12-16H,8-11H2,1-4H3. The van der Waals surface area contributed by atoms with Crippen LogP contribution in [0.3, 0.4) is 0 Å². The molecule has 0 N–H and O–H groups in total. The Bertz CT molecular complexity index is 366. The summed E-state index contributed by atoms with van der Waals surface area (Å²) in [5, 5.41) is 0. The van der Waals surface area contributed by atoms with Crippen molar-refractivity contribution in [1.29, 1.82) is 0 Å². The molecule has 2 rings (SSSR count). The zero-order valence-corrected chi connectivity index (χ0v) is 12.8. The molecule has 2 heteroatoms. The molecule has 1 atom stereocenters. The van der Waals surface area contributed by atoms with Gasteiger partial charge in [0.25, 0.3) is 0 Å². The van der Waals surface area contributed by atoms with Gasteiger partial charge in [0.1, 0.15) is 0 Å². The molecule has 1 unspecified atom stereocenters. The molecule has 19 heavy (non-hydrogen) atoms. The van der Waals surface area contributed by atoms with Crippen molar-refractivity contribution in [2.24, 2.45) is 11.8 Å². The SMILES string of the molecule is CC(C)C1CCC(N(C)C(C)c2ccccn2)CC1. The van der Waals surface area contributed by atoms with Crippen LogP contribution in [0.15, 0.2) is 24.4 Å². The van der Waals surface area contributed by atoms with Crippen molar-refractivity contribution in [3.05, 3.63) is 30.1 Å². The average Bonchev–Trinajstić information content (AvgIpc) is 2.46. The molecule has 0 bridgehead atoms. The maximum absolute atomic E-state index is 4.50. The summed E-state index contributed by atoms with van der Waals surface area (Å²) in [4.78, 5) is 7.02. The van der Waals surface area contributed by atoms with Gasteiger partial charge in [0.05, 0.1) is 5.69 Å². The highest BCUT2D eigenvalue weighted by atomic mass is 15.2. The first-order chi connectivity index (χ1) is 9.09. The van der Waals surface area contributed by atoms with Crippen LogP contribution < -0.4 is 0 Å². The molecular formula is C17H28N2. The van der Waals surface area contributed by atoms with Crippen LogP contribution in [0.4, 0.5) is 0 Å². The largest absolute Gasteiger partial charge is 0.295 e. The van der Waals surface area contributed by atoms with Crippen molar-refractivity contribution in [2.75, 3.05) is 7.05 Å². The number of aromatic nitrogens is 1. The molecular weight excluding hydrogens is 232 g/mol. The van der Waals surface area contributed by atoms with Crippen molar-refractivity contribution in [3.8, 4) is 0 Å². The predicted molar refractivity (Wildman–Crippen MR) is 81.0 cm³/mol. The van der Waals surface area contributed by atoms with Crippen molar-refractivity contribution in [1.82, 2.24) is 9.88 Å². The molecule has 1 saturated carbocycles. The van der Waals surface area contributed by atoms with E-state index in [-0.39, 0.29) is 0 Å². The van der Waals surface area contributed by atoms with Gasteiger partial charge in [0.15, 0.2) is 0 Å².